The average molecular weight is 348 g/mol. The first kappa shape index (κ1) is 15.9. The second-order valence-electron chi connectivity index (χ2n) is 6.00. The molecule has 0 saturated heterocycles. The third-order valence-corrected chi connectivity index (χ3v) is 4.60. The van der Waals surface area contributed by atoms with E-state index < -0.39 is 0 Å². The van der Waals surface area contributed by atoms with Gasteiger partial charge in [0, 0.05) is 23.8 Å². The van der Waals surface area contributed by atoms with Crippen LogP contribution >= 0.6 is 11.6 Å². The molecular weight excluding hydrogens is 330 g/mol. The van der Waals surface area contributed by atoms with Crippen LogP contribution in [0.4, 0.5) is 0 Å². The smallest absolute Gasteiger partial charge is 0.153 e. The number of aromatic amines is 1. The minimum atomic E-state index is 0.0462. The average Bonchev–Trinajstić information content (AvgIpc) is 3.09. The first-order valence-corrected chi connectivity index (χ1v) is 8.64. The van der Waals surface area contributed by atoms with Gasteiger partial charge in [-0.1, -0.05) is 72.3 Å². The van der Waals surface area contributed by atoms with E-state index in [2.05, 4.69) is 69.9 Å². The van der Waals surface area contributed by atoms with E-state index in [0.29, 0.717) is 5.15 Å². The lowest BCUT2D eigenvalue weighted by Crippen LogP contribution is -2.22. The van der Waals surface area contributed by atoms with Crippen LogP contribution < -0.4 is 5.32 Å². The summed E-state index contributed by atoms with van der Waals surface area (Å²) in [7, 11) is 0. The molecule has 25 heavy (non-hydrogen) atoms. The molecule has 0 aliphatic rings. The zero-order valence-electron chi connectivity index (χ0n) is 13.6. The summed E-state index contributed by atoms with van der Waals surface area (Å²) >= 11 is 6.23. The fourth-order valence-corrected chi connectivity index (χ4v) is 3.28. The van der Waals surface area contributed by atoms with Crippen molar-refractivity contribution in [1.29, 1.82) is 0 Å². The molecule has 4 aromatic rings. The monoisotopic (exact) mass is 347 g/mol. The Balaban J connectivity index is 1.70. The van der Waals surface area contributed by atoms with Crippen molar-refractivity contribution in [2.24, 2.45) is 0 Å². The molecule has 2 heterocycles. The van der Waals surface area contributed by atoms with E-state index in [4.69, 9.17) is 11.6 Å². The number of nitrogens with one attached hydrogen (secondary N) is 2. The Bertz CT molecular complexity index is 964. The van der Waals surface area contributed by atoms with Crippen LogP contribution in [0, 0.1) is 0 Å². The van der Waals surface area contributed by atoms with Crippen molar-refractivity contribution in [3.05, 3.63) is 101 Å². The maximum absolute atomic E-state index is 6.23. The molecule has 0 fully saturated rings. The van der Waals surface area contributed by atoms with Gasteiger partial charge in [0.1, 0.15) is 0 Å². The van der Waals surface area contributed by atoms with Gasteiger partial charge in [-0.05, 0) is 23.3 Å². The van der Waals surface area contributed by atoms with Crippen molar-refractivity contribution in [3.63, 3.8) is 0 Å². The SMILES string of the molecule is Clc1nccc2cc(C(NCc3ccccc3)c3ccccc3)[nH]c12. The van der Waals surface area contributed by atoms with E-state index in [9.17, 15) is 0 Å². The Morgan fingerprint density at radius 1 is 0.960 bits per heavy atom. The topological polar surface area (TPSA) is 40.7 Å². The molecule has 0 amide bonds. The lowest BCUT2D eigenvalue weighted by Gasteiger charge is -2.18. The molecule has 124 valence electrons. The van der Waals surface area contributed by atoms with Crippen LogP contribution in [-0.2, 0) is 6.54 Å². The first-order valence-electron chi connectivity index (χ1n) is 8.26. The zero-order chi connectivity index (χ0) is 17.1. The van der Waals surface area contributed by atoms with E-state index >= 15 is 0 Å². The fourth-order valence-electron chi connectivity index (χ4n) is 3.07. The van der Waals surface area contributed by atoms with Gasteiger partial charge >= 0.3 is 0 Å². The van der Waals surface area contributed by atoms with Crippen LogP contribution in [-0.4, -0.2) is 9.97 Å². The summed E-state index contributed by atoms with van der Waals surface area (Å²) in [6.07, 6.45) is 1.73. The number of H-pyrrole nitrogens is 1. The number of fused-ring (bicyclic) bond motifs is 1. The molecule has 0 spiro atoms. The Morgan fingerprint density at radius 3 is 2.40 bits per heavy atom. The highest BCUT2D eigenvalue weighted by atomic mass is 35.5. The molecular formula is C21H18ClN3. The number of nitrogens with zero attached hydrogens (tertiary/aromatic N) is 1. The predicted molar refractivity (Wildman–Crippen MR) is 103 cm³/mol. The number of hydrogen-bond acceptors (Lipinski definition) is 2. The number of halogens is 1. The number of hydrogen-bond donors (Lipinski definition) is 2. The lowest BCUT2D eigenvalue weighted by molar-refractivity contribution is 0.595. The molecule has 3 nitrogen and oxygen atoms in total. The third-order valence-electron chi connectivity index (χ3n) is 4.31. The molecule has 1 atom stereocenters. The highest BCUT2D eigenvalue weighted by Crippen LogP contribution is 2.28. The summed E-state index contributed by atoms with van der Waals surface area (Å²) in [5.74, 6) is 0. The summed E-state index contributed by atoms with van der Waals surface area (Å²) in [5.41, 5.74) is 4.40. The van der Waals surface area contributed by atoms with Crippen molar-refractivity contribution >= 4 is 22.5 Å². The van der Waals surface area contributed by atoms with E-state index in [1.54, 1.807) is 6.20 Å². The van der Waals surface area contributed by atoms with Gasteiger partial charge in [-0.3, -0.25) is 0 Å². The number of pyridine rings is 1. The van der Waals surface area contributed by atoms with Crippen molar-refractivity contribution in [2.75, 3.05) is 0 Å². The zero-order valence-corrected chi connectivity index (χ0v) is 14.4. The summed E-state index contributed by atoms with van der Waals surface area (Å²) < 4.78 is 0. The number of benzene rings is 2. The third kappa shape index (κ3) is 3.43. The Labute approximate surface area is 151 Å². The van der Waals surface area contributed by atoms with Gasteiger partial charge in [-0.25, -0.2) is 4.98 Å². The molecule has 0 saturated carbocycles. The Morgan fingerprint density at radius 2 is 1.68 bits per heavy atom. The molecule has 2 aromatic heterocycles. The van der Waals surface area contributed by atoms with Crippen LogP contribution in [0.3, 0.4) is 0 Å². The van der Waals surface area contributed by atoms with Crippen molar-refractivity contribution in [1.82, 2.24) is 15.3 Å². The van der Waals surface area contributed by atoms with E-state index in [-0.39, 0.29) is 6.04 Å². The maximum Gasteiger partial charge on any atom is 0.153 e. The Hall–Kier alpha value is -2.62. The van der Waals surface area contributed by atoms with Gasteiger partial charge in [0.2, 0.25) is 0 Å². The molecule has 4 heteroatoms. The van der Waals surface area contributed by atoms with Crippen molar-refractivity contribution in [2.45, 2.75) is 12.6 Å². The van der Waals surface area contributed by atoms with Crippen LogP contribution in [0.1, 0.15) is 22.9 Å². The lowest BCUT2D eigenvalue weighted by atomic mass is 10.0. The molecule has 1 unspecified atom stereocenters. The summed E-state index contributed by atoms with van der Waals surface area (Å²) in [4.78, 5) is 7.60. The standard InChI is InChI=1S/C21H18ClN3/c22-21-20-17(11-12-23-21)13-18(25-20)19(16-9-5-2-6-10-16)24-14-15-7-3-1-4-8-15/h1-13,19,24-25H,14H2. The minimum Gasteiger partial charge on any atom is -0.354 e. The largest absolute Gasteiger partial charge is 0.354 e. The molecule has 0 aliphatic carbocycles. The maximum atomic E-state index is 6.23. The van der Waals surface area contributed by atoms with Crippen molar-refractivity contribution in [3.8, 4) is 0 Å². The molecule has 0 radical (unpaired) electrons. The van der Waals surface area contributed by atoms with Gasteiger partial charge in [-0.15, -0.1) is 0 Å². The molecule has 2 N–H and O–H groups in total. The molecule has 4 rings (SSSR count). The van der Waals surface area contributed by atoms with Gasteiger partial charge in [0.25, 0.3) is 0 Å². The summed E-state index contributed by atoms with van der Waals surface area (Å²) in [5, 5.41) is 5.22. The fraction of sp³-hybridized carbons (Fsp3) is 0.0952. The van der Waals surface area contributed by atoms with E-state index in [1.807, 2.05) is 18.2 Å². The second-order valence-corrected chi connectivity index (χ2v) is 6.36. The summed E-state index contributed by atoms with van der Waals surface area (Å²) in [6, 6.07) is 25.0. The number of aromatic nitrogens is 2. The number of rotatable bonds is 5. The quantitative estimate of drug-likeness (QED) is 0.493. The second kappa shape index (κ2) is 7.09. The van der Waals surface area contributed by atoms with Gasteiger partial charge in [0.15, 0.2) is 5.15 Å². The highest BCUT2D eigenvalue weighted by Gasteiger charge is 2.17. The van der Waals surface area contributed by atoms with Crippen LogP contribution in [0.25, 0.3) is 10.9 Å². The van der Waals surface area contributed by atoms with Gasteiger partial charge in [0.05, 0.1) is 11.6 Å². The molecule has 0 bridgehead atoms. The van der Waals surface area contributed by atoms with E-state index in [0.717, 1.165) is 23.1 Å². The summed E-state index contributed by atoms with van der Waals surface area (Å²) in [6.45, 7) is 0.780. The minimum absolute atomic E-state index is 0.0462. The highest BCUT2D eigenvalue weighted by molar-refractivity contribution is 6.33. The van der Waals surface area contributed by atoms with Crippen LogP contribution in [0.15, 0.2) is 79.0 Å². The Kier molecular flexibility index (Phi) is 4.51. The van der Waals surface area contributed by atoms with Crippen LogP contribution in [0.2, 0.25) is 5.15 Å². The molecule has 2 aromatic carbocycles. The predicted octanol–water partition coefficient (Wildman–Crippen LogP) is 5.10. The first-order chi connectivity index (χ1) is 12.3. The van der Waals surface area contributed by atoms with E-state index in [1.165, 1.54) is 11.1 Å². The van der Waals surface area contributed by atoms with Crippen molar-refractivity contribution < 1.29 is 0 Å². The molecule has 0 aliphatic heterocycles. The normalized spacial score (nSPS) is 12.4. The van der Waals surface area contributed by atoms with Gasteiger partial charge < -0.3 is 10.3 Å². The van der Waals surface area contributed by atoms with Crippen LogP contribution in [0.5, 0.6) is 0 Å². The van der Waals surface area contributed by atoms with Gasteiger partial charge in [-0.2, -0.15) is 0 Å².